The number of nitrogens with zero attached hydrogens (tertiary/aromatic N) is 2. The molecule has 0 unspecified atom stereocenters. The first-order valence-electron chi connectivity index (χ1n) is 8.53. The molecule has 3 N–H and O–H groups in total. The van der Waals surface area contributed by atoms with E-state index in [2.05, 4.69) is 16.3 Å². The van der Waals surface area contributed by atoms with E-state index in [0.29, 0.717) is 16.8 Å². The Kier molecular flexibility index (Phi) is 5.61. The van der Waals surface area contributed by atoms with Gasteiger partial charge in [-0.2, -0.15) is 5.26 Å². The molecule has 0 bridgehead atoms. The number of nitrogens with two attached hydrogens (primary N) is 1. The molecular formula is C19H20N4O6. The molecule has 0 radical (unpaired) electrons. The number of carbonyl (C=O) groups is 1. The topological polar surface area (TPSA) is 142 Å². The summed E-state index contributed by atoms with van der Waals surface area (Å²) >= 11 is 0. The fourth-order valence-corrected chi connectivity index (χ4v) is 3.21. The number of fused-ring (bicyclic) bond motifs is 1. The molecule has 10 nitrogen and oxygen atoms in total. The lowest BCUT2D eigenvalue weighted by atomic mass is 9.83. The zero-order chi connectivity index (χ0) is 21.1. The molecule has 0 fully saturated rings. The number of ether oxygens (including phenoxy) is 5. The molecule has 29 heavy (non-hydrogen) atoms. The molecule has 152 valence electrons. The van der Waals surface area contributed by atoms with Crippen molar-refractivity contribution in [2.45, 2.75) is 19.4 Å². The predicted octanol–water partition coefficient (Wildman–Crippen LogP) is 1.72. The van der Waals surface area contributed by atoms with Crippen molar-refractivity contribution >= 4 is 5.97 Å². The third-order valence-electron chi connectivity index (χ3n) is 4.37. The summed E-state index contributed by atoms with van der Waals surface area (Å²) in [6.45, 7) is 1.50. The third kappa shape index (κ3) is 3.55. The molecule has 3 rings (SSSR count). The Morgan fingerprint density at radius 1 is 1.31 bits per heavy atom. The molecule has 1 aromatic carbocycles. The molecule has 0 saturated carbocycles. The second kappa shape index (κ2) is 8.12. The number of aromatic nitrogens is 2. The molecule has 2 heterocycles. The molecular weight excluding hydrogens is 380 g/mol. The van der Waals surface area contributed by atoms with Crippen molar-refractivity contribution in [1.82, 2.24) is 10.2 Å². The van der Waals surface area contributed by atoms with Gasteiger partial charge in [-0.15, -0.1) is 5.10 Å². The summed E-state index contributed by atoms with van der Waals surface area (Å²) in [5.74, 6) is -0.296. The number of hydrogen-bond acceptors (Lipinski definition) is 9. The maximum Gasteiger partial charge on any atom is 0.308 e. The van der Waals surface area contributed by atoms with Crippen LogP contribution in [-0.2, 0) is 16.1 Å². The first-order chi connectivity index (χ1) is 13.9. The summed E-state index contributed by atoms with van der Waals surface area (Å²) < 4.78 is 26.8. The standard InChI is InChI=1S/C19H20N4O6/c1-9(24)28-17-13(26-3)5-10(6-14(17)27-4)15-11(7-20)18(21)29-19-16(15)12(8-25-2)22-23-19/h5-6,15H,8,21H2,1-4H3,(H,22,23)/t15-/m1/s1. The largest absolute Gasteiger partial charge is 0.493 e. The Labute approximate surface area is 166 Å². The highest BCUT2D eigenvalue weighted by molar-refractivity contribution is 5.73. The highest BCUT2D eigenvalue weighted by Gasteiger charge is 2.36. The summed E-state index contributed by atoms with van der Waals surface area (Å²) in [7, 11) is 4.41. The van der Waals surface area contributed by atoms with Gasteiger partial charge in [0.2, 0.25) is 17.5 Å². The van der Waals surface area contributed by atoms with Crippen LogP contribution in [0.15, 0.2) is 23.6 Å². The number of hydrogen-bond donors (Lipinski definition) is 2. The Bertz CT molecular complexity index is 995. The summed E-state index contributed by atoms with van der Waals surface area (Å²) in [6.07, 6.45) is 0. The molecule has 1 aromatic heterocycles. The number of nitrogens with one attached hydrogen (secondary N) is 1. The molecule has 0 spiro atoms. The number of aromatic amines is 1. The molecule has 1 atom stereocenters. The second-order valence-corrected chi connectivity index (χ2v) is 6.13. The Balaban J connectivity index is 2.25. The van der Waals surface area contributed by atoms with Crippen molar-refractivity contribution in [3.8, 4) is 29.2 Å². The van der Waals surface area contributed by atoms with E-state index in [1.54, 1.807) is 19.2 Å². The van der Waals surface area contributed by atoms with Crippen LogP contribution >= 0.6 is 0 Å². The number of carbonyl (C=O) groups excluding carboxylic acids is 1. The quantitative estimate of drug-likeness (QED) is 0.547. The normalized spacial score (nSPS) is 15.2. The molecule has 2 aromatic rings. The first kappa shape index (κ1) is 20.0. The van der Waals surface area contributed by atoms with Gasteiger partial charge in [0.15, 0.2) is 11.5 Å². The number of H-pyrrole nitrogens is 1. The number of esters is 1. The van der Waals surface area contributed by atoms with E-state index in [-0.39, 0.29) is 41.2 Å². The van der Waals surface area contributed by atoms with Gasteiger partial charge in [-0.1, -0.05) is 0 Å². The van der Waals surface area contributed by atoms with Gasteiger partial charge in [0, 0.05) is 14.0 Å². The lowest BCUT2D eigenvalue weighted by Crippen LogP contribution is -2.21. The number of nitriles is 1. The minimum atomic E-state index is -0.623. The predicted molar refractivity (Wildman–Crippen MR) is 99.5 cm³/mol. The number of rotatable bonds is 6. The van der Waals surface area contributed by atoms with Gasteiger partial charge in [0.1, 0.15) is 11.6 Å². The smallest absolute Gasteiger partial charge is 0.308 e. The van der Waals surface area contributed by atoms with E-state index in [9.17, 15) is 10.1 Å². The van der Waals surface area contributed by atoms with Gasteiger partial charge >= 0.3 is 5.97 Å². The van der Waals surface area contributed by atoms with Crippen molar-refractivity contribution in [1.29, 1.82) is 5.26 Å². The maximum atomic E-state index is 11.5. The minimum absolute atomic E-state index is 0.0533. The monoisotopic (exact) mass is 400 g/mol. The zero-order valence-electron chi connectivity index (χ0n) is 16.4. The van der Waals surface area contributed by atoms with Gasteiger partial charge in [-0.25, -0.2) is 0 Å². The number of benzene rings is 1. The summed E-state index contributed by atoms with van der Waals surface area (Å²) in [6, 6.07) is 5.40. The SMILES string of the molecule is COCc1[nH]nc2c1[C@H](c1cc(OC)c(OC(C)=O)c(OC)c1)C(C#N)=C(N)O2. The Hall–Kier alpha value is -3.71. The maximum absolute atomic E-state index is 11.5. The van der Waals surface area contributed by atoms with E-state index in [1.165, 1.54) is 21.1 Å². The molecule has 0 saturated heterocycles. The van der Waals surface area contributed by atoms with Crippen LogP contribution in [0.2, 0.25) is 0 Å². The van der Waals surface area contributed by atoms with Gasteiger partial charge in [-0.05, 0) is 17.7 Å². The van der Waals surface area contributed by atoms with Crippen molar-refractivity contribution in [3.05, 3.63) is 40.4 Å². The van der Waals surface area contributed by atoms with Crippen LogP contribution in [-0.4, -0.2) is 37.5 Å². The van der Waals surface area contributed by atoms with Gasteiger partial charge in [-0.3, -0.25) is 9.89 Å². The summed E-state index contributed by atoms with van der Waals surface area (Å²) in [5.41, 5.74) is 8.02. The van der Waals surface area contributed by atoms with Gasteiger partial charge in [0.05, 0.1) is 38.0 Å². The molecule has 1 aliphatic heterocycles. The zero-order valence-corrected chi connectivity index (χ0v) is 16.4. The number of methoxy groups -OCH3 is 3. The second-order valence-electron chi connectivity index (χ2n) is 6.13. The van der Waals surface area contributed by atoms with Crippen LogP contribution < -0.4 is 24.7 Å². The van der Waals surface area contributed by atoms with Gasteiger partial charge < -0.3 is 29.4 Å². The fraction of sp³-hybridized carbons (Fsp3) is 0.316. The van der Waals surface area contributed by atoms with E-state index in [1.807, 2.05) is 0 Å². The fourth-order valence-electron chi connectivity index (χ4n) is 3.21. The van der Waals surface area contributed by atoms with Crippen LogP contribution in [0, 0.1) is 11.3 Å². The Morgan fingerprint density at radius 3 is 2.48 bits per heavy atom. The molecule has 1 aliphatic rings. The van der Waals surface area contributed by atoms with Crippen molar-refractivity contribution in [3.63, 3.8) is 0 Å². The van der Waals surface area contributed by atoms with Crippen molar-refractivity contribution in [2.75, 3.05) is 21.3 Å². The summed E-state index contributed by atoms with van der Waals surface area (Å²) in [4.78, 5) is 11.5. The highest BCUT2D eigenvalue weighted by atomic mass is 16.6. The van der Waals surface area contributed by atoms with Crippen LogP contribution in [0.3, 0.4) is 0 Å². The molecule has 10 heteroatoms. The molecule has 0 amide bonds. The summed E-state index contributed by atoms with van der Waals surface area (Å²) in [5, 5.41) is 16.7. The van der Waals surface area contributed by atoms with Gasteiger partial charge in [0.25, 0.3) is 0 Å². The van der Waals surface area contributed by atoms with E-state index >= 15 is 0 Å². The van der Waals surface area contributed by atoms with Crippen LogP contribution in [0.25, 0.3) is 0 Å². The number of allylic oxidation sites excluding steroid dienone is 1. The molecule has 0 aliphatic carbocycles. The Morgan fingerprint density at radius 2 is 1.97 bits per heavy atom. The average molecular weight is 400 g/mol. The van der Waals surface area contributed by atoms with Crippen molar-refractivity contribution in [2.24, 2.45) is 5.73 Å². The third-order valence-corrected chi connectivity index (χ3v) is 4.37. The lowest BCUT2D eigenvalue weighted by molar-refractivity contribution is -0.132. The van der Waals surface area contributed by atoms with Crippen LogP contribution in [0.1, 0.15) is 29.7 Å². The van der Waals surface area contributed by atoms with Crippen molar-refractivity contribution < 1.29 is 28.5 Å². The van der Waals surface area contributed by atoms with E-state index < -0.39 is 11.9 Å². The van der Waals surface area contributed by atoms with E-state index in [0.717, 1.165) is 0 Å². The average Bonchev–Trinajstić information content (AvgIpc) is 3.09. The first-order valence-corrected chi connectivity index (χ1v) is 8.53. The lowest BCUT2D eigenvalue weighted by Gasteiger charge is -2.25. The minimum Gasteiger partial charge on any atom is -0.493 e. The van der Waals surface area contributed by atoms with Crippen LogP contribution in [0.4, 0.5) is 0 Å². The van der Waals surface area contributed by atoms with Crippen LogP contribution in [0.5, 0.6) is 23.1 Å². The van der Waals surface area contributed by atoms with E-state index in [4.69, 9.17) is 29.4 Å². The highest BCUT2D eigenvalue weighted by Crippen LogP contribution is 2.47.